The SMILES string of the molecule is CCc1ccc(C(=O)NCC(O)c2cccc(OC)c2)o1. The number of ether oxygens (including phenoxy) is 1. The van der Waals surface area contributed by atoms with Crippen LogP contribution in [0.5, 0.6) is 5.75 Å². The van der Waals surface area contributed by atoms with Crippen LogP contribution < -0.4 is 10.1 Å². The Labute approximate surface area is 123 Å². The van der Waals surface area contributed by atoms with Crippen LogP contribution in [0.3, 0.4) is 0 Å². The van der Waals surface area contributed by atoms with E-state index in [0.29, 0.717) is 11.3 Å². The van der Waals surface area contributed by atoms with E-state index in [1.54, 1.807) is 43.5 Å². The molecule has 1 atom stereocenters. The summed E-state index contributed by atoms with van der Waals surface area (Å²) in [5.41, 5.74) is 0.684. The number of hydrogen-bond acceptors (Lipinski definition) is 4. The molecule has 2 aromatic rings. The number of aliphatic hydroxyl groups excluding tert-OH is 1. The maximum absolute atomic E-state index is 11.9. The van der Waals surface area contributed by atoms with Gasteiger partial charge in [0.15, 0.2) is 5.76 Å². The van der Waals surface area contributed by atoms with Gasteiger partial charge in [-0.15, -0.1) is 0 Å². The van der Waals surface area contributed by atoms with Gasteiger partial charge in [0.25, 0.3) is 5.91 Å². The van der Waals surface area contributed by atoms with Crippen LogP contribution in [-0.2, 0) is 6.42 Å². The van der Waals surface area contributed by atoms with Crippen LogP contribution in [0.2, 0.25) is 0 Å². The maximum atomic E-state index is 11.9. The Morgan fingerprint density at radius 1 is 1.38 bits per heavy atom. The van der Waals surface area contributed by atoms with E-state index in [9.17, 15) is 9.90 Å². The summed E-state index contributed by atoms with van der Waals surface area (Å²) < 4.78 is 10.5. The molecule has 1 amide bonds. The summed E-state index contributed by atoms with van der Waals surface area (Å²) in [5, 5.41) is 12.7. The van der Waals surface area contributed by atoms with Crippen molar-refractivity contribution in [2.24, 2.45) is 0 Å². The normalized spacial score (nSPS) is 12.0. The molecule has 112 valence electrons. The van der Waals surface area contributed by atoms with Gasteiger partial charge >= 0.3 is 0 Å². The van der Waals surface area contributed by atoms with Gasteiger partial charge in [0.1, 0.15) is 11.5 Å². The van der Waals surface area contributed by atoms with Crippen molar-refractivity contribution in [3.8, 4) is 5.75 Å². The molecular weight excluding hydrogens is 270 g/mol. The van der Waals surface area contributed by atoms with Crippen molar-refractivity contribution >= 4 is 5.91 Å². The fraction of sp³-hybridized carbons (Fsp3) is 0.312. The molecule has 5 heteroatoms. The molecule has 0 aliphatic rings. The minimum Gasteiger partial charge on any atom is -0.497 e. The maximum Gasteiger partial charge on any atom is 0.287 e. The quantitative estimate of drug-likeness (QED) is 0.856. The lowest BCUT2D eigenvalue weighted by Crippen LogP contribution is -2.28. The third-order valence-electron chi connectivity index (χ3n) is 3.17. The third kappa shape index (κ3) is 3.86. The van der Waals surface area contributed by atoms with Gasteiger partial charge in [0.2, 0.25) is 0 Å². The Bertz CT molecular complexity index is 606. The number of carbonyl (C=O) groups is 1. The third-order valence-corrected chi connectivity index (χ3v) is 3.17. The molecule has 0 aliphatic heterocycles. The van der Waals surface area contributed by atoms with E-state index in [2.05, 4.69) is 5.32 Å². The monoisotopic (exact) mass is 289 g/mol. The van der Waals surface area contributed by atoms with Crippen molar-refractivity contribution in [2.45, 2.75) is 19.4 Å². The van der Waals surface area contributed by atoms with E-state index in [1.807, 2.05) is 6.92 Å². The number of amides is 1. The molecule has 21 heavy (non-hydrogen) atoms. The molecule has 5 nitrogen and oxygen atoms in total. The van der Waals surface area contributed by atoms with Crippen LogP contribution >= 0.6 is 0 Å². The highest BCUT2D eigenvalue weighted by Gasteiger charge is 2.14. The minimum absolute atomic E-state index is 0.105. The molecule has 2 rings (SSSR count). The molecule has 1 aromatic heterocycles. The number of rotatable bonds is 6. The van der Waals surface area contributed by atoms with E-state index >= 15 is 0 Å². The highest BCUT2D eigenvalue weighted by Crippen LogP contribution is 2.18. The first-order valence-electron chi connectivity index (χ1n) is 6.83. The van der Waals surface area contributed by atoms with E-state index in [4.69, 9.17) is 9.15 Å². The van der Waals surface area contributed by atoms with Crippen LogP contribution in [0.1, 0.15) is 34.9 Å². The summed E-state index contributed by atoms with van der Waals surface area (Å²) in [5.74, 6) is 1.34. The predicted octanol–water partition coefficient (Wildman–Crippen LogP) is 2.31. The summed E-state index contributed by atoms with van der Waals surface area (Å²) in [7, 11) is 1.56. The second-order valence-corrected chi connectivity index (χ2v) is 4.62. The van der Waals surface area contributed by atoms with Gasteiger partial charge in [-0.2, -0.15) is 0 Å². The molecule has 1 aromatic carbocycles. The smallest absolute Gasteiger partial charge is 0.287 e. The number of aryl methyl sites for hydroxylation is 1. The molecule has 2 N–H and O–H groups in total. The first kappa shape index (κ1) is 15.1. The van der Waals surface area contributed by atoms with Crippen LogP contribution in [0, 0.1) is 0 Å². The second kappa shape index (κ2) is 6.95. The molecule has 0 saturated carbocycles. The van der Waals surface area contributed by atoms with E-state index in [1.165, 1.54) is 0 Å². The Balaban J connectivity index is 1.93. The van der Waals surface area contributed by atoms with Gasteiger partial charge in [-0.05, 0) is 29.8 Å². The van der Waals surface area contributed by atoms with Gasteiger partial charge in [-0.3, -0.25) is 4.79 Å². The molecule has 0 radical (unpaired) electrons. The lowest BCUT2D eigenvalue weighted by atomic mass is 10.1. The van der Waals surface area contributed by atoms with Crippen molar-refractivity contribution < 1.29 is 19.1 Å². The molecule has 0 saturated heterocycles. The fourth-order valence-corrected chi connectivity index (χ4v) is 1.93. The molecule has 0 fully saturated rings. The minimum atomic E-state index is -0.801. The number of aliphatic hydroxyl groups is 1. The number of carbonyl (C=O) groups excluding carboxylic acids is 1. The first-order chi connectivity index (χ1) is 10.1. The zero-order valence-electron chi connectivity index (χ0n) is 12.1. The van der Waals surface area contributed by atoms with Crippen LogP contribution in [0.15, 0.2) is 40.8 Å². The van der Waals surface area contributed by atoms with Crippen LogP contribution in [-0.4, -0.2) is 24.7 Å². The van der Waals surface area contributed by atoms with E-state index in [0.717, 1.165) is 12.2 Å². The van der Waals surface area contributed by atoms with Gasteiger partial charge in [0.05, 0.1) is 13.2 Å². The number of methoxy groups -OCH3 is 1. The zero-order chi connectivity index (χ0) is 15.2. The van der Waals surface area contributed by atoms with Gasteiger partial charge in [0, 0.05) is 13.0 Å². The van der Waals surface area contributed by atoms with Crippen molar-refractivity contribution in [3.05, 3.63) is 53.5 Å². The van der Waals surface area contributed by atoms with Crippen molar-refractivity contribution in [2.75, 3.05) is 13.7 Å². The molecule has 0 bridgehead atoms. The lowest BCUT2D eigenvalue weighted by molar-refractivity contribution is 0.0887. The summed E-state index contributed by atoms with van der Waals surface area (Å²) in [6, 6.07) is 10.5. The number of hydrogen-bond donors (Lipinski definition) is 2. The van der Waals surface area contributed by atoms with Gasteiger partial charge < -0.3 is 19.6 Å². The van der Waals surface area contributed by atoms with Gasteiger partial charge in [-0.1, -0.05) is 19.1 Å². The Morgan fingerprint density at radius 3 is 2.86 bits per heavy atom. The summed E-state index contributed by atoms with van der Waals surface area (Å²) in [4.78, 5) is 11.9. The molecule has 1 unspecified atom stereocenters. The molecular formula is C16H19NO4. The van der Waals surface area contributed by atoms with Gasteiger partial charge in [-0.25, -0.2) is 0 Å². The highest BCUT2D eigenvalue weighted by molar-refractivity contribution is 5.91. The van der Waals surface area contributed by atoms with E-state index in [-0.39, 0.29) is 18.2 Å². The first-order valence-corrected chi connectivity index (χ1v) is 6.83. The molecule has 1 heterocycles. The zero-order valence-corrected chi connectivity index (χ0v) is 12.1. The summed E-state index contributed by atoms with van der Waals surface area (Å²) in [6.07, 6.45) is -0.0654. The Morgan fingerprint density at radius 2 is 2.19 bits per heavy atom. The topological polar surface area (TPSA) is 71.7 Å². The number of nitrogens with one attached hydrogen (secondary N) is 1. The average Bonchev–Trinajstić information content (AvgIpc) is 3.01. The Kier molecular flexibility index (Phi) is 5.00. The lowest BCUT2D eigenvalue weighted by Gasteiger charge is -2.12. The van der Waals surface area contributed by atoms with Crippen molar-refractivity contribution in [1.82, 2.24) is 5.32 Å². The standard InChI is InChI=1S/C16H19NO4/c1-3-12-7-8-15(21-12)16(19)17-10-14(18)11-5-4-6-13(9-11)20-2/h4-9,14,18H,3,10H2,1-2H3,(H,17,19). The average molecular weight is 289 g/mol. The number of furan rings is 1. The van der Waals surface area contributed by atoms with Crippen LogP contribution in [0.4, 0.5) is 0 Å². The molecule has 0 aliphatic carbocycles. The Hall–Kier alpha value is -2.27. The number of benzene rings is 1. The second-order valence-electron chi connectivity index (χ2n) is 4.62. The van der Waals surface area contributed by atoms with Crippen molar-refractivity contribution in [1.29, 1.82) is 0 Å². The largest absolute Gasteiger partial charge is 0.497 e. The summed E-state index contributed by atoms with van der Waals surface area (Å²) >= 11 is 0. The predicted molar refractivity (Wildman–Crippen MR) is 78.4 cm³/mol. The van der Waals surface area contributed by atoms with Crippen LogP contribution in [0.25, 0.3) is 0 Å². The van der Waals surface area contributed by atoms with Crippen molar-refractivity contribution in [3.63, 3.8) is 0 Å². The highest BCUT2D eigenvalue weighted by atomic mass is 16.5. The van der Waals surface area contributed by atoms with E-state index < -0.39 is 6.10 Å². The fourth-order valence-electron chi connectivity index (χ4n) is 1.93. The summed E-state index contributed by atoms with van der Waals surface area (Å²) in [6.45, 7) is 2.06. The molecule has 0 spiro atoms.